The summed E-state index contributed by atoms with van der Waals surface area (Å²) in [5, 5.41) is 0. The minimum Gasteiger partial charge on any atom is -0.351 e. The van der Waals surface area contributed by atoms with E-state index in [2.05, 4.69) is 175 Å². The van der Waals surface area contributed by atoms with Crippen LogP contribution in [0.25, 0.3) is 0 Å². The van der Waals surface area contributed by atoms with Crippen LogP contribution in [0.5, 0.6) is 0 Å². The van der Waals surface area contributed by atoms with Gasteiger partial charge in [-0.15, -0.1) is 0 Å². The minimum absolute atomic E-state index is 0.571. The predicted octanol–water partition coefficient (Wildman–Crippen LogP) is 11.7. The second kappa shape index (κ2) is 15.1. The van der Waals surface area contributed by atoms with Crippen molar-refractivity contribution >= 4 is 0 Å². The van der Waals surface area contributed by atoms with Gasteiger partial charge in [0.05, 0.1) is 0 Å². The molecule has 0 amide bonds. The summed E-state index contributed by atoms with van der Waals surface area (Å²) in [5.41, 5.74) is 0. The van der Waals surface area contributed by atoms with E-state index in [1.807, 2.05) is 0 Å². The first-order chi connectivity index (χ1) is 26.7. The molecular formula is C48H60N6. The molecule has 6 heteroatoms. The Morgan fingerprint density at radius 1 is 0.185 bits per heavy atom. The van der Waals surface area contributed by atoms with Crippen molar-refractivity contribution in [2.45, 2.75) is 113 Å². The second-order valence-electron chi connectivity index (χ2n) is 18.1. The van der Waals surface area contributed by atoms with Gasteiger partial charge in [0.15, 0.2) is 0 Å². The predicted molar refractivity (Wildman–Crippen MR) is 217 cm³/mol. The third-order valence-corrected chi connectivity index (χ3v) is 15.2. The highest BCUT2D eigenvalue weighted by atomic mass is 15.1. The Bertz CT molecular complexity index is 1720. The van der Waals surface area contributed by atoms with E-state index >= 15 is 0 Å². The third-order valence-electron chi connectivity index (χ3n) is 15.2. The van der Waals surface area contributed by atoms with Crippen LogP contribution in [0.2, 0.25) is 0 Å². The van der Waals surface area contributed by atoms with Crippen LogP contribution in [0.15, 0.2) is 147 Å². The van der Waals surface area contributed by atoms with Crippen molar-refractivity contribution in [3.8, 4) is 0 Å². The highest BCUT2D eigenvalue weighted by Crippen LogP contribution is 2.55. The molecule has 4 aliphatic rings. The van der Waals surface area contributed by atoms with Crippen molar-refractivity contribution in [3.05, 3.63) is 147 Å². The second-order valence-corrected chi connectivity index (χ2v) is 18.1. The van der Waals surface area contributed by atoms with Gasteiger partial charge in [-0.2, -0.15) is 0 Å². The molecule has 6 aromatic heterocycles. The van der Waals surface area contributed by atoms with E-state index in [0.29, 0.717) is 36.3 Å². The maximum atomic E-state index is 2.60. The number of hydrogen-bond acceptors (Lipinski definition) is 0. The van der Waals surface area contributed by atoms with E-state index in [4.69, 9.17) is 0 Å². The Kier molecular flexibility index (Phi) is 9.54. The molecule has 54 heavy (non-hydrogen) atoms. The largest absolute Gasteiger partial charge is 0.351 e. The van der Waals surface area contributed by atoms with E-state index in [-0.39, 0.29) is 0 Å². The van der Waals surface area contributed by atoms with E-state index in [0.717, 1.165) is 35.5 Å². The molecule has 10 atom stereocenters. The zero-order chi connectivity index (χ0) is 35.8. The van der Waals surface area contributed by atoms with Crippen molar-refractivity contribution < 1.29 is 0 Å². The van der Waals surface area contributed by atoms with Gasteiger partial charge in [-0.3, -0.25) is 0 Å². The Balaban J connectivity index is 0.954. The first-order valence-electron chi connectivity index (χ1n) is 21.4. The summed E-state index contributed by atoms with van der Waals surface area (Å²) in [4.78, 5) is 0. The summed E-state index contributed by atoms with van der Waals surface area (Å²) in [6.45, 7) is 0. The van der Waals surface area contributed by atoms with Gasteiger partial charge in [-0.1, -0.05) is 0 Å². The number of nitrogens with zero attached hydrogens (tertiary/aromatic N) is 6. The van der Waals surface area contributed by atoms with Gasteiger partial charge >= 0.3 is 0 Å². The summed E-state index contributed by atoms with van der Waals surface area (Å²) >= 11 is 0. The number of rotatable bonds is 9. The smallest absolute Gasteiger partial charge is 0.0353 e. The van der Waals surface area contributed by atoms with Gasteiger partial charge in [-0.25, -0.2) is 0 Å². The Morgan fingerprint density at radius 3 is 0.519 bits per heavy atom. The Morgan fingerprint density at radius 2 is 0.333 bits per heavy atom. The average Bonchev–Trinajstić information content (AvgIpc) is 4.09. The number of aromatic nitrogens is 6. The maximum absolute atomic E-state index is 2.60. The molecule has 4 saturated carbocycles. The molecule has 0 aromatic carbocycles. The van der Waals surface area contributed by atoms with E-state index in [1.165, 1.54) is 77.0 Å². The van der Waals surface area contributed by atoms with Gasteiger partial charge in [-0.05, 0) is 185 Å². The fraction of sp³-hybridized carbons (Fsp3) is 0.500. The van der Waals surface area contributed by atoms with E-state index < -0.39 is 0 Å². The molecule has 0 aliphatic heterocycles. The van der Waals surface area contributed by atoms with Crippen LogP contribution in [-0.2, 0) is 0 Å². The molecule has 10 unspecified atom stereocenters. The van der Waals surface area contributed by atoms with Crippen LogP contribution in [0, 0.1) is 35.5 Å². The monoisotopic (exact) mass is 720 g/mol. The molecule has 4 fully saturated rings. The zero-order valence-corrected chi connectivity index (χ0v) is 32.0. The minimum atomic E-state index is 0.571. The van der Waals surface area contributed by atoms with Crippen LogP contribution in [0.1, 0.15) is 113 Å². The van der Waals surface area contributed by atoms with Crippen LogP contribution in [0.4, 0.5) is 0 Å². The zero-order valence-electron chi connectivity index (χ0n) is 32.0. The van der Waals surface area contributed by atoms with Crippen LogP contribution in [-0.4, -0.2) is 27.4 Å². The molecule has 0 saturated heterocycles. The lowest BCUT2D eigenvalue weighted by atomic mass is 9.60. The van der Waals surface area contributed by atoms with Gasteiger partial charge in [0.2, 0.25) is 0 Å². The summed E-state index contributed by atoms with van der Waals surface area (Å²) in [5.74, 6) is 4.51. The third kappa shape index (κ3) is 7.02. The Labute approximate surface area is 322 Å². The fourth-order valence-corrected chi connectivity index (χ4v) is 12.7. The summed E-state index contributed by atoms with van der Waals surface area (Å²) in [6.07, 6.45) is 43.9. The molecule has 0 spiro atoms. The molecular weight excluding hydrogens is 661 g/mol. The quantitative estimate of drug-likeness (QED) is 0.142. The van der Waals surface area contributed by atoms with Crippen molar-refractivity contribution in [2.24, 2.45) is 35.5 Å². The number of hydrogen-bond donors (Lipinski definition) is 0. The lowest BCUT2D eigenvalue weighted by Gasteiger charge is -2.49. The first kappa shape index (κ1) is 34.2. The van der Waals surface area contributed by atoms with E-state index in [9.17, 15) is 0 Å². The standard InChI is InChI=1S/C48H60N6/c1-2-14-49(13-1)43-27-37(25-39(29-43)41-31-45(51-17-5-6-18-51)35-46(32-41)52-19-7-8-20-52)38-26-40(30-44(28-38)50-15-3-4-16-50)42-33-47(53-21-9-10-22-53)36-48(34-42)54-23-11-12-24-54/h1-24,37-48H,25-36H2. The lowest BCUT2D eigenvalue weighted by molar-refractivity contribution is 0.0240. The molecule has 6 nitrogen and oxygen atoms in total. The van der Waals surface area contributed by atoms with E-state index in [1.54, 1.807) is 0 Å². The van der Waals surface area contributed by atoms with Crippen molar-refractivity contribution in [2.75, 3.05) is 0 Å². The molecule has 0 N–H and O–H groups in total. The fourth-order valence-electron chi connectivity index (χ4n) is 12.7. The molecule has 0 bridgehead atoms. The van der Waals surface area contributed by atoms with Gasteiger partial charge in [0, 0.05) is 111 Å². The van der Waals surface area contributed by atoms with Gasteiger partial charge < -0.3 is 27.4 Å². The van der Waals surface area contributed by atoms with Gasteiger partial charge in [0.25, 0.3) is 0 Å². The molecule has 6 aromatic rings. The molecule has 4 aliphatic carbocycles. The van der Waals surface area contributed by atoms with Gasteiger partial charge in [0.1, 0.15) is 0 Å². The SMILES string of the molecule is c1ccn(C2CC(C3CC(C4CC(n5cccc5)CC(n5cccc5)C4)CC(n4cccc4)C3)CC(C3CC(n4cccc4)CC(n4cccc4)C3)C2)c1. The maximum Gasteiger partial charge on any atom is 0.0353 e. The highest BCUT2D eigenvalue weighted by Gasteiger charge is 2.45. The molecule has 10 rings (SSSR count). The molecule has 0 radical (unpaired) electrons. The summed E-state index contributed by atoms with van der Waals surface area (Å²) < 4.78 is 15.3. The van der Waals surface area contributed by atoms with Crippen LogP contribution < -0.4 is 0 Å². The normalized spacial score (nSPS) is 34.9. The van der Waals surface area contributed by atoms with Crippen molar-refractivity contribution in [1.29, 1.82) is 0 Å². The highest BCUT2D eigenvalue weighted by molar-refractivity contribution is 5.06. The topological polar surface area (TPSA) is 29.6 Å². The van der Waals surface area contributed by atoms with Crippen LogP contribution in [0.3, 0.4) is 0 Å². The first-order valence-corrected chi connectivity index (χ1v) is 21.4. The summed E-state index contributed by atoms with van der Waals surface area (Å²) in [6, 6.07) is 30.3. The van der Waals surface area contributed by atoms with Crippen molar-refractivity contribution in [3.63, 3.8) is 0 Å². The van der Waals surface area contributed by atoms with Crippen molar-refractivity contribution in [1.82, 2.24) is 27.4 Å². The molecule has 282 valence electrons. The molecule has 6 heterocycles. The summed E-state index contributed by atoms with van der Waals surface area (Å²) in [7, 11) is 0. The average molecular weight is 721 g/mol. The lowest BCUT2D eigenvalue weighted by Crippen LogP contribution is -2.40. The van der Waals surface area contributed by atoms with Crippen LogP contribution >= 0.6 is 0 Å². The Hall–Kier alpha value is -4.32.